The van der Waals surface area contributed by atoms with E-state index >= 15 is 0 Å². The van der Waals surface area contributed by atoms with Crippen molar-refractivity contribution in [3.05, 3.63) is 12.7 Å². The second kappa shape index (κ2) is 7.45. The number of amides is 1. The van der Waals surface area contributed by atoms with Gasteiger partial charge < -0.3 is 15.8 Å². The van der Waals surface area contributed by atoms with Gasteiger partial charge in [0.05, 0.1) is 6.61 Å². The van der Waals surface area contributed by atoms with Crippen LogP contribution < -0.4 is 11.1 Å². The Morgan fingerprint density at radius 1 is 1.53 bits per heavy atom. The molecule has 4 nitrogen and oxygen atoms in total. The van der Waals surface area contributed by atoms with Gasteiger partial charge in [0.1, 0.15) is 6.10 Å². The van der Waals surface area contributed by atoms with Crippen molar-refractivity contribution >= 4 is 5.91 Å². The number of carbonyl (C=O) groups excluding carboxylic acids is 1. The van der Waals surface area contributed by atoms with Crippen LogP contribution >= 0.6 is 0 Å². The van der Waals surface area contributed by atoms with E-state index in [4.69, 9.17) is 10.5 Å². The molecule has 0 aromatic heterocycles. The molecule has 1 amide bonds. The molecule has 1 aliphatic carbocycles. The van der Waals surface area contributed by atoms with Gasteiger partial charge in [-0.1, -0.05) is 6.08 Å². The van der Waals surface area contributed by atoms with Crippen LogP contribution in [0.3, 0.4) is 0 Å². The zero-order valence-electron chi connectivity index (χ0n) is 10.7. The summed E-state index contributed by atoms with van der Waals surface area (Å²) < 4.78 is 5.40. The molecule has 0 spiro atoms. The fraction of sp³-hybridized carbons (Fsp3) is 0.769. The van der Waals surface area contributed by atoms with Crippen molar-refractivity contribution in [2.24, 2.45) is 5.73 Å². The van der Waals surface area contributed by atoms with E-state index in [1.807, 2.05) is 0 Å². The Bertz CT molecular complexity index is 248. The van der Waals surface area contributed by atoms with E-state index in [1.54, 1.807) is 13.0 Å². The van der Waals surface area contributed by atoms with Gasteiger partial charge in [0.2, 0.25) is 5.91 Å². The number of ether oxygens (including phenoxy) is 1. The molecule has 0 aliphatic heterocycles. The van der Waals surface area contributed by atoms with Gasteiger partial charge >= 0.3 is 0 Å². The number of nitrogens with one attached hydrogen (secondary N) is 1. The standard InChI is InChI=1S/C13H24N2O2/c1-3-4-9-17-10(2)13(16)15-12-7-5-11(14)6-8-12/h3,10-12H,1,4-9,14H2,2H3,(H,15,16). The molecule has 0 bridgehead atoms. The van der Waals surface area contributed by atoms with Crippen molar-refractivity contribution in [1.82, 2.24) is 5.32 Å². The molecule has 0 aromatic rings. The maximum Gasteiger partial charge on any atom is 0.249 e. The van der Waals surface area contributed by atoms with E-state index < -0.39 is 0 Å². The first-order chi connectivity index (χ1) is 8.13. The smallest absolute Gasteiger partial charge is 0.249 e. The highest BCUT2D eigenvalue weighted by atomic mass is 16.5. The summed E-state index contributed by atoms with van der Waals surface area (Å²) in [7, 11) is 0. The highest BCUT2D eigenvalue weighted by Crippen LogP contribution is 2.17. The fourth-order valence-corrected chi connectivity index (χ4v) is 1.99. The molecule has 0 radical (unpaired) electrons. The lowest BCUT2D eigenvalue weighted by atomic mass is 9.92. The monoisotopic (exact) mass is 240 g/mol. The van der Waals surface area contributed by atoms with E-state index in [9.17, 15) is 4.79 Å². The van der Waals surface area contributed by atoms with Gasteiger partial charge in [-0.05, 0) is 39.0 Å². The topological polar surface area (TPSA) is 64.3 Å². The largest absolute Gasteiger partial charge is 0.368 e. The van der Waals surface area contributed by atoms with Gasteiger partial charge in [-0.25, -0.2) is 0 Å². The molecule has 98 valence electrons. The number of rotatable bonds is 6. The first-order valence-corrected chi connectivity index (χ1v) is 6.42. The van der Waals surface area contributed by atoms with Crippen LogP contribution in [0, 0.1) is 0 Å². The van der Waals surface area contributed by atoms with Crippen LogP contribution in [0.4, 0.5) is 0 Å². The molecule has 1 saturated carbocycles. The average molecular weight is 240 g/mol. The average Bonchev–Trinajstić information content (AvgIpc) is 2.32. The van der Waals surface area contributed by atoms with Gasteiger partial charge in [-0.15, -0.1) is 6.58 Å². The molecule has 17 heavy (non-hydrogen) atoms. The predicted octanol–water partition coefficient (Wildman–Crippen LogP) is 1.35. The molecule has 1 unspecified atom stereocenters. The Morgan fingerprint density at radius 2 is 2.18 bits per heavy atom. The molecule has 4 heteroatoms. The van der Waals surface area contributed by atoms with Crippen molar-refractivity contribution in [2.45, 2.75) is 57.2 Å². The van der Waals surface area contributed by atoms with Crippen molar-refractivity contribution in [3.8, 4) is 0 Å². The third-order valence-electron chi connectivity index (χ3n) is 3.18. The number of hydrogen-bond acceptors (Lipinski definition) is 3. The molecule has 1 rings (SSSR count). The Kier molecular flexibility index (Phi) is 6.22. The Balaban J connectivity index is 2.21. The first-order valence-electron chi connectivity index (χ1n) is 6.42. The maximum atomic E-state index is 11.8. The summed E-state index contributed by atoms with van der Waals surface area (Å²) in [5, 5.41) is 3.02. The van der Waals surface area contributed by atoms with Crippen molar-refractivity contribution in [1.29, 1.82) is 0 Å². The Morgan fingerprint density at radius 3 is 2.76 bits per heavy atom. The minimum absolute atomic E-state index is 0.0190. The van der Waals surface area contributed by atoms with Gasteiger partial charge in [0.15, 0.2) is 0 Å². The Labute approximate surface area is 104 Å². The van der Waals surface area contributed by atoms with Crippen molar-refractivity contribution < 1.29 is 9.53 Å². The molecule has 0 heterocycles. The third kappa shape index (κ3) is 5.33. The lowest BCUT2D eigenvalue weighted by Crippen LogP contribution is -2.44. The SMILES string of the molecule is C=CCCOC(C)C(=O)NC1CCC(N)CC1. The molecule has 1 aliphatic rings. The first kappa shape index (κ1) is 14.2. The minimum atomic E-state index is -0.384. The van der Waals surface area contributed by atoms with E-state index in [1.165, 1.54) is 0 Å². The van der Waals surface area contributed by atoms with Crippen LogP contribution in [0.1, 0.15) is 39.0 Å². The predicted molar refractivity (Wildman–Crippen MR) is 68.6 cm³/mol. The molecular formula is C13H24N2O2. The van der Waals surface area contributed by atoms with Gasteiger partial charge in [0, 0.05) is 12.1 Å². The quantitative estimate of drug-likeness (QED) is 0.544. The summed E-state index contributed by atoms with van der Waals surface area (Å²) in [6.07, 6.45) is 6.13. The molecule has 0 saturated heterocycles. The summed E-state index contributed by atoms with van der Waals surface area (Å²) in [6, 6.07) is 0.581. The van der Waals surface area contributed by atoms with Crippen LogP contribution in [-0.2, 0) is 9.53 Å². The van der Waals surface area contributed by atoms with Crippen LogP contribution in [0.15, 0.2) is 12.7 Å². The Hall–Kier alpha value is -0.870. The summed E-state index contributed by atoms with van der Waals surface area (Å²) >= 11 is 0. The van der Waals surface area contributed by atoms with Crippen LogP contribution in [0.5, 0.6) is 0 Å². The van der Waals surface area contributed by atoms with Gasteiger partial charge in [-0.2, -0.15) is 0 Å². The number of nitrogens with two attached hydrogens (primary N) is 1. The summed E-state index contributed by atoms with van der Waals surface area (Å²) in [6.45, 7) is 5.94. The lowest BCUT2D eigenvalue weighted by Gasteiger charge is -2.27. The fourth-order valence-electron chi connectivity index (χ4n) is 1.99. The second-order valence-corrected chi connectivity index (χ2v) is 4.71. The van der Waals surface area contributed by atoms with Gasteiger partial charge in [0.25, 0.3) is 0 Å². The molecule has 3 N–H and O–H groups in total. The number of carbonyl (C=O) groups is 1. The highest BCUT2D eigenvalue weighted by molar-refractivity contribution is 5.80. The summed E-state index contributed by atoms with van der Waals surface area (Å²) in [5.74, 6) is -0.0190. The normalized spacial score (nSPS) is 26.2. The molecule has 1 fully saturated rings. The van der Waals surface area contributed by atoms with E-state index in [0.717, 1.165) is 32.1 Å². The van der Waals surface area contributed by atoms with Crippen LogP contribution in [-0.4, -0.2) is 30.7 Å². The van der Waals surface area contributed by atoms with Crippen molar-refractivity contribution in [2.75, 3.05) is 6.61 Å². The maximum absolute atomic E-state index is 11.8. The third-order valence-corrected chi connectivity index (χ3v) is 3.18. The summed E-state index contributed by atoms with van der Waals surface area (Å²) in [4.78, 5) is 11.8. The van der Waals surface area contributed by atoms with E-state index in [2.05, 4.69) is 11.9 Å². The van der Waals surface area contributed by atoms with Crippen LogP contribution in [0.2, 0.25) is 0 Å². The molecule has 0 aromatic carbocycles. The van der Waals surface area contributed by atoms with Crippen molar-refractivity contribution in [3.63, 3.8) is 0 Å². The summed E-state index contributed by atoms with van der Waals surface area (Å²) in [5.41, 5.74) is 5.82. The second-order valence-electron chi connectivity index (χ2n) is 4.71. The van der Waals surface area contributed by atoms with E-state index in [0.29, 0.717) is 12.6 Å². The minimum Gasteiger partial charge on any atom is -0.368 e. The zero-order valence-corrected chi connectivity index (χ0v) is 10.7. The number of hydrogen-bond donors (Lipinski definition) is 2. The molecule has 1 atom stereocenters. The zero-order chi connectivity index (χ0) is 12.7. The van der Waals surface area contributed by atoms with Crippen LogP contribution in [0.25, 0.3) is 0 Å². The molecular weight excluding hydrogens is 216 g/mol. The van der Waals surface area contributed by atoms with Gasteiger partial charge in [-0.3, -0.25) is 4.79 Å². The highest BCUT2D eigenvalue weighted by Gasteiger charge is 2.22. The van der Waals surface area contributed by atoms with E-state index in [-0.39, 0.29) is 18.1 Å². The lowest BCUT2D eigenvalue weighted by molar-refractivity contribution is -0.132.